The van der Waals surface area contributed by atoms with Gasteiger partial charge in [0.2, 0.25) is 0 Å². The average molecular weight is 357 g/mol. The van der Waals surface area contributed by atoms with Crippen LogP contribution in [0.25, 0.3) is 0 Å². The zero-order valence-electron chi connectivity index (χ0n) is 10.8. The van der Waals surface area contributed by atoms with Crippen LogP contribution in [0.15, 0.2) is 26.4 Å². The molecule has 0 radical (unpaired) electrons. The lowest BCUT2D eigenvalue weighted by Crippen LogP contribution is -2.19. The average Bonchev–Trinajstić information content (AvgIpc) is 2.94. The summed E-state index contributed by atoms with van der Waals surface area (Å²) in [7, 11) is 0. The van der Waals surface area contributed by atoms with Crippen LogP contribution in [0.3, 0.4) is 0 Å². The maximum Gasteiger partial charge on any atom is 0.272 e. The predicted octanol–water partition coefficient (Wildman–Crippen LogP) is 4.34. The third-order valence-electron chi connectivity index (χ3n) is 2.79. The molecule has 0 saturated heterocycles. The van der Waals surface area contributed by atoms with Crippen molar-refractivity contribution < 1.29 is 4.79 Å². The second-order valence-corrected chi connectivity index (χ2v) is 7.62. The molecule has 0 bridgehead atoms. The third-order valence-corrected chi connectivity index (χ3v) is 5.53. The Kier molecular flexibility index (Phi) is 4.54. The summed E-state index contributed by atoms with van der Waals surface area (Å²) in [6, 6.07) is 3.94. The van der Waals surface area contributed by atoms with E-state index in [0.29, 0.717) is 5.56 Å². The first-order valence-electron chi connectivity index (χ1n) is 5.64. The second-order valence-electron chi connectivity index (χ2n) is 4.07. The zero-order chi connectivity index (χ0) is 14.0. The third kappa shape index (κ3) is 3.32. The van der Waals surface area contributed by atoms with Gasteiger partial charge in [0.15, 0.2) is 0 Å². The van der Waals surface area contributed by atoms with Crippen molar-refractivity contribution in [1.82, 2.24) is 5.43 Å². The zero-order valence-corrected chi connectivity index (χ0v) is 14.0. The maximum atomic E-state index is 12.0. The van der Waals surface area contributed by atoms with Crippen LogP contribution in [-0.2, 0) is 0 Å². The van der Waals surface area contributed by atoms with Gasteiger partial charge < -0.3 is 0 Å². The van der Waals surface area contributed by atoms with E-state index in [2.05, 4.69) is 26.5 Å². The Morgan fingerprint density at radius 2 is 2.11 bits per heavy atom. The molecular weight excluding hydrogens is 344 g/mol. The normalized spacial score (nSPS) is 11.7. The Morgan fingerprint density at radius 3 is 2.63 bits per heavy atom. The summed E-state index contributed by atoms with van der Waals surface area (Å²) < 4.78 is 1.05. The van der Waals surface area contributed by atoms with Crippen molar-refractivity contribution in [3.63, 3.8) is 0 Å². The van der Waals surface area contributed by atoms with E-state index in [0.717, 1.165) is 24.8 Å². The predicted molar refractivity (Wildman–Crippen MR) is 85.5 cm³/mol. The summed E-state index contributed by atoms with van der Waals surface area (Å²) in [5.41, 5.74) is 5.13. The lowest BCUT2D eigenvalue weighted by molar-refractivity contribution is 0.0954. The second kappa shape index (κ2) is 5.98. The molecule has 0 aliphatic rings. The summed E-state index contributed by atoms with van der Waals surface area (Å²) in [6.45, 7) is 5.84. The number of hydrogen-bond donors (Lipinski definition) is 1. The van der Waals surface area contributed by atoms with E-state index in [9.17, 15) is 4.79 Å². The fourth-order valence-corrected chi connectivity index (χ4v) is 3.69. The van der Waals surface area contributed by atoms with Crippen molar-refractivity contribution in [2.45, 2.75) is 20.8 Å². The number of halogens is 1. The monoisotopic (exact) mass is 356 g/mol. The number of thiophene rings is 2. The number of amides is 1. The quantitative estimate of drug-likeness (QED) is 0.644. The summed E-state index contributed by atoms with van der Waals surface area (Å²) in [5, 5.41) is 6.01. The van der Waals surface area contributed by atoms with Gasteiger partial charge in [-0.25, -0.2) is 5.43 Å². The van der Waals surface area contributed by atoms with Gasteiger partial charge in [-0.15, -0.1) is 22.7 Å². The van der Waals surface area contributed by atoms with Crippen LogP contribution < -0.4 is 5.43 Å². The molecule has 0 aliphatic heterocycles. The molecule has 0 unspecified atom stereocenters. The topological polar surface area (TPSA) is 41.5 Å². The van der Waals surface area contributed by atoms with E-state index >= 15 is 0 Å². The summed E-state index contributed by atoms with van der Waals surface area (Å²) in [4.78, 5) is 14.2. The molecule has 19 heavy (non-hydrogen) atoms. The highest BCUT2D eigenvalue weighted by Crippen LogP contribution is 2.23. The Hall–Kier alpha value is -0.980. The molecular formula is C13H13BrN2OS2. The van der Waals surface area contributed by atoms with Gasteiger partial charge in [-0.3, -0.25) is 4.79 Å². The van der Waals surface area contributed by atoms with Gasteiger partial charge in [-0.05, 0) is 54.4 Å². The molecule has 2 aromatic heterocycles. The first-order valence-corrected chi connectivity index (χ1v) is 8.13. The Balaban J connectivity index is 2.10. The standard InChI is InChI=1S/C13H13BrN2OS2/c1-7-9(3)18-6-10(7)13(17)16-15-8(2)11-4-5-12(14)19-11/h4-6H,1-3H3,(H,16,17). The number of rotatable bonds is 3. The van der Waals surface area contributed by atoms with Crippen molar-refractivity contribution in [3.8, 4) is 0 Å². The van der Waals surface area contributed by atoms with Crippen LogP contribution in [0.2, 0.25) is 0 Å². The van der Waals surface area contributed by atoms with Crippen molar-refractivity contribution in [2.75, 3.05) is 0 Å². The van der Waals surface area contributed by atoms with E-state index < -0.39 is 0 Å². The molecule has 0 aromatic carbocycles. The minimum atomic E-state index is -0.156. The van der Waals surface area contributed by atoms with Gasteiger partial charge >= 0.3 is 0 Å². The smallest absolute Gasteiger partial charge is 0.267 e. The largest absolute Gasteiger partial charge is 0.272 e. The number of carbonyl (C=O) groups excluding carboxylic acids is 1. The number of nitrogens with zero attached hydrogens (tertiary/aromatic N) is 1. The molecule has 0 atom stereocenters. The van der Waals surface area contributed by atoms with Crippen LogP contribution in [0.4, 0.5) is 0 Å². The molecule has 0 saturated carbocycles. The number of hydrazone groups is 1. The number of nitrogens with one attached hydrogen (secondary N) is 1. The number of hydrogen-bond acceptors (Lipinski definition) is 4. The van der Waals surface area contributed by atoms with Crippen molar-refractivity contribution in [2.24, 2.45) is 5.10 Å². The molecule has 2 heterocycles. The van der Waals surface area contributed by atoms with E-state index in [-0.39, 0.29) is 5.91 Å². The minimum Gasteiger partial charge on any atom is -0.267 e. The van der Waals surface area contributed by atoms with Crippen molar-refractivity contribution >= 4 is 50.2 Å². The molecule has 6 heteroatoms. The molecule has 3 nitrogen and oxygen atoms in total. The van der Waals surface area contributed by atoms with Gasteiger partial charge in [0, 0.05) is 10.3 Å². The highest BCUT2D eigenvalue weighted by Gasteiger charge is 2.12. The minimum absolute atomic E-state index is 0.156. The lowest BCUT2D eigenvalue weighted by Gasteiger charge is -2.01. The van der Waals surface area contributed by atoms with E-state index in [1.807, 2.05) is 38.3 Å². The number of aryl methyl sites for hydroxylation is 1. The van der Waals surface area contributed by atoms with Crippen molar-refractivity contribution in [3.05, 3.63) is 42.2 Å². The molecule has 1 amide bonds. The summed E-state index contributed by atoms with van der Waals surface area (Å²) in [6.07, 6.45) is 0. The van der Waals surface area contributed by atoms with Gasteiger partial charge in [0.25, 0.3) is 5.91 Å². The molecule has 1 N–H and O–H groups in total. The first-order chi connectivity index (χ1) is 8.99. The Bertz CT molecular complexity index is 643. The Morgan fingerprint density at radius 1 is 1.37 bits per heavy atom. The highest BCUT2D eigenvalue weighted by molar-refractivity contribution is 9.11. The van der Waals surface area contributed by atoms with Gasteiger partial charge in [-0.1, -0.05) is 0 Å². The van der Waals surface area contributed by atoms with Crippen LogP contribution in [0.1, 0.15) is 32.6 Å². The number of carbonyl (C=O) groups is 1. The molecule has 100 valence electrons. The van der Waals surface area contributed by atoms with Gasteiger partial charge in [0.05, 0.1) is 19.9 Å². The molecule has 2 aromatic rings. The molecule has 0 fully saturated rings. The fraction of sp³-hybridized carbons (Fsp3) is 0.231. The first kappa shape index (κ1) is 14.4. The fourth-order valence-electron chi connectivity index (χ4n) is 1.50. The van der Waals surface area contributed by atoms with Crippen LogP contribution in [0.5, 0.6) is 0 Å². The van der Waals surface area contributed by atoms with Gasteiger partial charge in [-0.2, -0.15) is 5.10 Å². The molecule has 2 rings (SSSR count). The van der Waals surface area contributed by atoms with E-state index in [1.54, 1.807) is 22.7 Å². The lowest BCUT2D eigenvalue weighted by atomic mass is 10.2. The van der Waals surface area contributed by atoms with Crippen LogP contribution >= 0.6 is 38.6 Å². The van der Waals surface area contributed by atoms with Crippen LogP contribution in [-0.4, -0.2) is 11.6 Å². The summed E-state index contributed by atoms with van der Waals surface area (Å²) >= 11 is 6.57. The molecule has 0 spiro atoms. The van der Waals surface area contributed by atoms with E-state index in [1.165, 1.54) is 0 Å². The Labute approximate surface area is 128 Å². The van der Waals surface area contributed by atoms with Gasteiger partial charge in [0.1, 0.15) is 0 Å². The summed E-state index contributed by atoms with van der Waals surface area (Å²) in [5.74, 6) is -0.156. The highest BCUT2D eigenvalue weighted by atomic mass is 79.9. The van der Waals surface area contributed by atoms with E-state index in [4.69, 9.17) is 0 Å². The molecule has 0 aliphatic carbocycles. The maximum absolute atomic E-state index is 12.0. The SMILES string of the molecule is CC(=NNC(=O)c1csc(C)c1C)c1ccc(Br)s1. The van der Waals surface area contributed by atoms with Crippen LogP contribution in [0, 0.1) is 13.8 Å². The van der Waals surface area contributed by atoms with Crippen molar-refractivity contribution in [1.29, 1.82) is 0 Å².